The predicted octanol–water partition coefficient (Wildman–Crippen LogP) is 1.99. The molecule has 0 aromatic heterocycles. The minimum absolute atomic E-state index is 0.170. The van der Waals surface area contributed by atoms with Gasteiger partial charge in [0.25, 0.3) is 11.8 Å². The van der Waals surface area contributed by atoms with E-state index >= 15 is 0 Å². The minimum atomic E-state index is -0.954. The Morgan fingerprint density at radius 3 is 1.89 bits per heavy atom. The molecule has 1 aromatic rings. The summed E-state index contributed by atoms with van der Waals surface area (Å²) >= 11 is 0. The summed E-state index contributed by atoms with van der Waals surface area (Å²) in [7, 11) is 0. The molecule has 11 nitrogen and oxygen atoms in total. The average Bonchev–Trinajstić information content (AvgIpc) is 3.16. The number of hydrogen-bond donors (Lipinski definition) is 3. The van der Waals surface area contributed by atoms with Gasteiger partial charge in [-0.15, -0.1) is 0 Å². The van der Waals surface area contributed by atoms with Gasteiger partial charge in [0.15, 0.2) is 0 Å². The normalized spacial score (nSPS) is 16.3. The topological polar surface area (TPSA) is 151 Å². The van der Waals surface area contributed by atoms with Gasteiger partial charge in [0.1, 0.15) is 18.2 Å². The zero-order valence-electron chi connectivity index (χ0n) is 22.8. The van der Waals surface area contributed by atoms with Gasteiger partial charge in [-0.1, -0.05) is 12.1 Å². The summed E-state index contributed by atoms with van der Waals surface area (Å²) in [6.07, 6.45) is 1.64. The lowest BCUT2D eigenvalue weighted by Crippen LogP contribution is -2.51. The molecule has 0 radical (unpaired) electrons. The van der Waals surface area contributed by atoms with Crippen LogP contribution in [0.2, 0.25) is 0 Å². The summed E-state index contributed by atoms with van der Waals surface area (Å²) in [4.78, 5) is 73.9. The fourth-order valence-electron chi connectivity index (χ4n) is 3.47. The number of rotatable bonds is 10. The van der Waals surface area contributed by atoms with Crippen LogP contribution in [-0.2, 0) is 33.5 Å². The number of hydrogen-bond acceptors (Lipinski definition) is 7. The predicted molar refractivity (Wildman–Crippen MR) is 139 cm³/mol. The summed E-state index contributed by atoms with van der Waals surface area (Å²) in [5, 5.41) is 7.75. The lowest BCUT2D eigenvalue weighted by atomic mass is 9.97. The van der Waals surface area contributed by atoms with Gasteiger partial charge in [-0.2, -0.15) is 0 Å². The molecule has 5 amide bonds. The number of carbonyl (C=O) groups excluding carboxylic acids is 6. The molecule has 0 spiro atoms. The molecule has 1 aliphatic heterocycles. The van der Waals surface area contributed by atoms with Crippen molar-refractivity contribution >= 4 is 41.2 Å². The molecule has 4 atom stereocenters. The second-order valence-electron chi connectivity index (χ2n) is 10.4. The van der Waals surface area contributed by atoms with E-state index in [1.54, 1.807) is 58.9 Å². The van der Waals surface area contributed by atoms with Crippen LogP contribution in [0, 0.1) is 5.41 Å². The summed E-state index contributed by atoms with van der Waals surface area (Å²) in [6.45, 7) is 11.6. The first-order chi connectivity index (χ1) is 17.6. The summed E-state index contributed by atoms with van der Waals surface area (Å²) in [5.74, 6) is -2.87. The Morgan fingerprint density at radius 1 is 0.842 bits per heavy atom. The van der Waals surface area contributed by atoms with Gasteiger partial charge in [0, 0.05) is 30.3 Å². The first kappa shape index (κ1) is 30.2. The maximum absolute atomic E-state index is 12.6. The van der Waals surface area contributed by atoms with Crippen molar-refractivity contribution in [1.82, 2.24) is 15.5 Å². The summed E-state index contributed by atoms with van der Waals surface area (Å²) in [6, 6.07) is 4.26. The Hall–Kier alpha value is -4.02. The number of esters is 1. The number of imide groups is 1. The van der Waals surface area contributed by atoms with Gasteiger partial charge in [0.05, 0.1) is 5.41 Å². The molecular formula is C27H36N4O7. The van der Waals surface area contributed by atoms with Crippen LogP contribution < -0.4 is 16.0 Å². The average molecular weight is 529 g/mol. The molecule has 38 heavy (non-hydrogen) atoms. The lowest BCUT2D eigenvalue weighted by molar-refractivity contribution is -0.158. The number of anilines is 1. The van der Waals surface area contributed by atoms with E-state index in [9.17, 15) is 28.8 Å². The van der Waals surface area contributed by atoms with E-state index in [0.717, 1.165) is 22.6 Å². The molecule has 206 valence electrons. The number of nitrogens with one attached hydrogen (secondary N) is 3. The second kappa shape index (κ2) is 12.5. The van der Waals surface area contributed by atoms with Crippen molar-refractivity contribution < 1.29 is 33.5 Å². The maximum Gasteiger partial charge on any atom is 0.311 e. The van der Waals surface area contributed by atoms with Gasteiger partial charge >= 0.3 is 5.97 Å². The number of amides is 5. The first-order valence-electron chi connectivity index (χ1n) is 12.4. The molecule has 1 aromatic carbocycles. The van der Waals surface area contributed by atoms with Crippen LogP contribution in [-0.4, -0.2) is 58.5 Å². The molecule has 0 saturated carbocycles. The van der Waals surface area contributed by atoms with Crippen LogP contribution in [0.1, 0.15) is 66.6 Å². The van der Waals surface area contributed by atoms with Gasteiger partial charge in [-0.3, -0.25) is 33.7 Å². The van der Waals surface area contributed by atoms with Crippen molar-refractivity contribution in [3.63, 3.8) is 0 Å². The van der Waals surface area contributed by atoms with E-state index in [4.69, 9.17) is 4.74 Å². The molecular weight excluding hydrogens is 492 g/mol. The number of benzene rings is 1. The van der Waals surface area contributed by atoms with Crippen molar-refractivity contribution in [3.8, 4) is 0 Å². The Bertz CT molecular complexity index is 1100. The van der Waals surface area contributed by atoms with Crippen LogP contribution in [0.3, 0.4) is 0 Å². The van der Waals surface area contributed by atoms with Crippen LogP contribution in [0.15, 0.2) is 36.4 Å². The Morgan fingerprint density at radius 2 is 1.37 bits per heavy atom. The van der Waals surface area contributed by atoms with E-state index in [-0.39, 0.29) is 12.4 Å². The molecule has 3 N–H and O–H groups in total. The zero-order valence-corrected chi connectivity index (χ0v) is 22.8. The molecule has 1 aliphatic rings. The number of nitrogens with zero attached hydrogens (tertiary/aromatic N) is 1. The van der Waals surface area contributed by atoms with Gasteiger partial charge in [-0.05, 0) is 66.2 Å². The van der Waals surface area contributed by atoms with Crippen LogP contribution in [0.5, 0.6) is 0 Å². The highest BCUT2D eigenvalue weighted by molar-refractivity contribution is 6.13. The molecule has 0 bridgehead atoms. The van der Waals surface area contributed by atoms with E-state index in [1.807, 2.05) is 0 Å². The van der Waals surface area contributed by atoms with Gasteiger partial charge in [0.2, 0.25) is 17.7 Å². The Kier molecular flexibility index (Phi) is 9.92. The second-order valence-corrected chi connectivity index (χ2v) is 10.4. The third kappa shape index (κ3) is 8.25. The highest BCUT2D eigenvalue weighted by atomic mass is 16.5. The van der Waals surface area contributed by atoms with Crippen molar-refractivity contribution in [3.05, 3.63) is 42.0 Å². The van der Waals surface area contributed by atoms with Crippen molar-refractivity contribution in [2.45, 2.75) is 79.1 Å². The summed E-state index contributed by atoms with van der Waals surface area (Å²) < 4.78 is 5.47. The quantitative estimate of drug-likeness (QED) is 0.310. The highest BCUT2D eigenvalue weighted by Gasteiger charge is 2.30. The first-order valence-corrected chi connectivity index (χ1v) is 12.4. The number of ether oxygens (including phenoxy) is 1. The smallest absolute Gasteiger partial charge is 0.311 e. The molecule has 2 rings (SSSR count). The highest BCUT2D eigenvalue weighted by Crippen LogP contribution is 2.24. The van der Waals surface area contributed by atoms with E-state index in [1.165, 1.54) is 13.8 Å². The van der Waals surface area contributed by atoms with E-state index in [2.05, 4.69) is 16.0 Å². The fraction of sp³-hybridized carbons (Fsp3) is 0.481. The standard InChI is InChI=1S/C27H36N4O7/c1-15(31-22(33)12-13-23(31)34)14-21(32)28-16(2)24(35)29-17(3)25(36)30-20-10-8-19(9-11-20)18(4)38-26(37)27(5,6)7/h8-13,15-18H,14H2,1-7H3,(H,28,32)(H,29,35)(H,30,36). The molecule has 1 heterocycles. The van der Waals surface area contributed by atoms with E-state index < -0.39 is 59.2 Å². The third-order valence-electron chi connectivity index (χ3n) is 5.83. The van der Waals surface area contributed by atoms with Crippen molar-refractivity contribution in [2.75, 3.05) is 5.32 Å². The largest absolute Gasteiger partial charge is 0.457 e. The Balaban J connectivity index is 1.83. The molecule has 4 unspecified atom stereocenters. The molecule has 11 heteroatoms. The fourth-order valence-corrected chi connectivity index (χ4v) is 3.47. The SMILES string of the molecule is CC(NC(=O)CC(C)N1C(=O)C=CC1=O)C(=O)NC(C)C(=O)Nc1ccc(C(C)OC(=O)C(C)(C)C)cc1. The van der Waals surface area contributed by atoms with Gasteiger partial charge in [-0.25, -0.2) is 0 Å². The van der Waals surface area contributed by atoms with Crippen LogP contribution in [0.4, 0.5) is 5.69 Å². The molecule has 0 saturated heterocycles. The van der Waals surface area contributed by atoms with Crippen molar-refractivity contribution in [2.24, 2.45) is 5.41 Å². The molecule has 0 fully saturated rings. The van der Waals surface area contributed by atoms with Crippen LogP contribution in [0.25, 0.3) is 0 Å². The van der Waals surface area contributed by atoms with Gasteiger partial charge < -0.3 is 20.7 Å². The van der Waals surface area contributed by atoms with E-state index in [0.29, 0.717) is 5.69 Å². The third-order valence-corrected chi connectivity index (χ3v) is 5.83. The summed E-state index contributed by atoms with van der Waals surface area (Å²) in [5.41, 5.74) is 0.633. The maximum atomic E-state index is 12.6. The zero-order chi connectivity index (χ0) is 28.8. The lowest BCUT2D eigenvalue weighted by Gasteiger charge is -2.23. The number of carbonyl (C=O) groups is 6. The monoisotopic (exact) mass is 528 g/mol. The van der Waals surface area contributed by atoms with Crippen LogP contribution >= 0.6 is 0 Å². The molecule has 0 aliphatic carbocycles. The van der Waals surface area contributed by atoms with Crippen molar-refractivity contribution in [1.29, 1.82) is 0 Å². The Labute approximate surface area is 222 Å². The minimum Gasteiger partial charge on any atom is -0.457 e.